The molecule has 0 atom stereocenters. The van der Waals surface area contributed by atoms with Crippen molar-refractivity contribution in [2.24, 2.45) is 0 Å². The molecule has 0 rings (SSSR count). The summed E-state index contributed by atoms with van der Waals surface area (Å²) in [6.45, 7) is -2.45. The molecule has 0 aromatic carbocycles. The molecule has 0 aliphatic heterocycles. The van der Waals surface area contributed by atoms with Crippen molar-refractivity contribution in [3.63, 3.8) is 0 Å². The van der Waals surface area contributed by atoms with Gasteiger partial charge in [-0.05, 0) is 20.2 Å². The highest BCUT2D eigenvalue weighted by Gasteiger charge is 1.90. The second-order valence-corrected chi connectivity index (χ2v) is 1.70. The van der Waals surface area contributed by atoms with Crippen molar-refractivity contribution in [3.05, 3.63) is 0 Å². The fourth-order valence-corrected chi connectivity index (χ4v) is 0.219. The number of hydrogen-bond acceptors (Lipinski definition) is 2. The molecule has 0 amide bonds. The van der Waals surface area contributed by atoms with E-state index >= 15 is 0 Å². The Kier molecular flexibility index (Phi) is 1.94. The SMILES string of the molecule is [2H]C([2H])(OC)C([2H])([2H])C([2H])([2H])OC(C)C. The van der Waals surface area contributed by atoms with Crippen molar-refractivity contribution in [3.8, 4) is 0 Å². The smallest absolute Gasteiger partial charge is 0.0568 e. The number of hydrogen-bond donors (Lipinski definition) is 0. The summed E-state index contributed by atoms with van der Waals surface area (Å²) in [5.41, 5.74) is 0. The second-order valence-electron chi connectivity index (χ2n) is 1.70. The van der Waals surface area contributed by atoms with Crippen LogP contribution >= 0.6 is 0 Å². The third kappa shape index (κ3) is 7.92. The van der Waals surface area contributed by atoms with Gasteiger partial charge in [0.05, 0.1) is 11.6 Å². The van der Waals surface area contributed by atoms with E-state index in [2.05, 4.69) is 4.74 Å². The summed E-state index contributed by atoms with van der Waals surface area (Å²) in [6, 6.07) is 0. The first-order chi connectivity index (χ1) is 6.48. The topological polar surface area (TPSA) is 18.5 Å². The van der Waals surface area contributed by atoms with Crippen LogP contribution in [0, 0.1) is 0 Å². The second kappa shape index (κ2) is 6.05. The maximum atomic E-state index is 7.39. The average molecular weight is 138 g/mol. The van der Waals surface area contributed by atoms with Gasteiger partial charge in [0.2, 0.25) is 0 Å². The van der Waals surface area contributed by atoms with Crippen molar-refractivity contribution < 1.29 is 17.7 Å². The fourth-order valence-electron chi connectivity index (χ4n) is 0.219. The van der Waals surface area contributed by atoms with E-state index in [0.717, 1.165) is 7.11 Å². The molecule has 0 radical (unpaired) electrons. The molecular weight excluding hydrogens is 116 g/mol. The predicted octanol–water partition coefficient (Wildman–Crippen LogP) is 1.45. The van der Waals surface area contributed by atoms with Gasteiger partial charge >= 0.3 is 0 Å². The average Bonchev–Trinajstić information content (AvgIpc) is 2.01. The van der Waals surface area contributed by atoms with Gasteiger partial charge in [-0.25, -0.2) is 0 Å². The molecule has 0 N–H and O–H groups in total. The van der Waals surface area contributed by atoms with Gasteiger partial charge in [0, 0.05) is 23.0 Å². The molecule has 2 heteroatoms. The normalized spacial score (nSPS) is 25.3. The van der Waals surface area contributed by atoms with Crippen molar-refractivity contribution >= 4 is 0 Å². The minimum Gasteiger partial charge on any atom is -0.385 e. The first-order valence-corrected chi connectivity index (χ1v) is 2.71. The Balaban J connectivity index is 5.00. The maximum Gasteiger partial charge on any atom is 0.0568 e. The van der Waals surface area contributed by atoms with Crippen LogP contribution in [0.5, 0.6) is 0 Å². The summed E-state index contributed by atoms with van der Waals surface area (Å²) >= 11 is 0. The van der Waals surface area contributed by atoms with Gasteiger partial charge in [-0.1, -0.05) is 0 Å². The van der Waals surface area contributed by atoms with Crippen molar-refractivity contribution in [2.75, 3.05) is 20.2 Å². The number of methoxy groups -OCH3 is 1. The summed E-state index contributed by atoms with van der Waals surface area (Å²) in [5.74, 6) is 0. The Morgan fingerprint density at radius 2 is 2.11 bits per heavy atom. The van der Waals surface area contributed by atoms with Gasteiger partial charge in [-0.15, -0.1) is 0 Å². The number of ether oxygens (including phenoxy) is 2. The lowest BCUT2D eigenvalue weighted by Crippen LogP contribution is -2.05. The molecule has 9 heavy (non-hydrogen) atoms. The Hall–Kier alpha value is -0.0800. The Bertz CT molecular complexity index is 216. The summed E-state index contributed by atoms with van der Waals surface area (Å²) in [4.78, 5) is 0. The first-order valence-electron chi connectivity index (χ1n) is 5.71. The zero-order valence-corrected chi connectivity index (χ0v) is 5.89. The maximum absolute atomic E-state index is 7.39. The summed E-state index contributed by atoms with van der Waals surface area (Å²) in [6.07, 6.45) is -3.46. The van der Waals surface area contributed by atoms with Crippen LogP contribution in [0.4, 0.5) is 0 Å². The van der Waals surface area contributed by atoms with E-state index in [1.165, 1.54) is 13.8 Å². The molecule has 0 fully saturated rings. The summed E-state index contributed by atoms with van der Waals surface area (Å²) in [7, 11) is 0.975. The molecule has 0 unspecified atom stereocenters. The standard InChI is InChI=1S/C7H16O2/c1-7(2)9-6-4-5-8-3/h7H,4-6H2,1-3H3/i4D2,5D2,6D2. The van der Waals surface area contributed by atoms with Crippen LogP contribution in [-0.2, 0) is 9.47 Å². The molecule has 0 saturated heterocycles. The molecule has 0 aliphatic rings. The first kappa shape index (κ1) is 2.89. The van der Waals surface area contributed by atoms with E-state index in [9.17, 15) is 0 Å². The van der Waals surface area contributed by atoms with Gasteiger partial charge in [0.15, 0.2) is 0 Å². The molecular formula is C7H16O2. The van der Waals surface area contributed by atoms with E-state index in [1.807, 2.05) is 0 Å². The van der Waals surface area contributed by atoms with Gasteiger partial charge in [0.1, 0.15) is 0 Å². The van der Waals surface area contributed by atoms with Crippen LogP contribution in [-0.4, -0.2) is 26.3 Å². The predicted molar refractivity (Wildman–Crippen MR) is 37.6 cm³/mol. The molecule has 0 bridgehead atoms. The molecule has 0 saturated carbocycles. The van der Waals surface area contributed by atoms with Crippen LogP contribution in [0.2, 0.25) is 0 Å². The van der Waals surface area contributed by atoms with Gasteiger partial charge in [-0.3, -0.25) is 0 Å². The van der Waals surface area contributed by atoms with Crippen molar-refractivity contribution in [1.29, 1.82) is 0 Å². The highest BCUT2D eigenvalue weighted by Crippen LogP contribution is 1.89. The van der Waals surface area contributed by atoms with Crippen LogP contribution in [0.1, 0.15) is 28.4 Å². The van der Waals surface area contributed by atoms with Crippen LogP contribution < -0.4 is 0 Å². The minimum atomic E-state index is -2.90. The summed E-state index contributed by atoms with van der Waals surface area (Å²) < 4.78 is 53.0. The highest BCUT2D eigenvalue weighted by molar-refractivity contribution is 4.37. The lowest BCUT2D eigenvalue weighted by atomic mass is 10.4. The van der Waals surface area contributed by atoms with E-state index in [-0.39, 0.29) is 0 Å². The lowest BCUT2D eigenvalue weighted by molar-refractivity contribution is 0.0610. The van der Waals surface area contributed by atoms with Crippen LogP contribution in [0.15, 0.2) is 0 Å². The van der Waals surface area contributed by atoms with E-state index in [4.69, 9.17) is 13.0 Å². The Labute approximate surface area is 65.6 Å². The van der Waals surface area contributed by atoms with E-state index < -0.39 is 25.6 Å². The molecule has 0 aromatic rings. The molecule has 0 aliphatic carbocycles. The Morgan fingerprint density at radius 1 is 1.44 bits per heavy atom. The van der Waals surface area contributed by atoms with Crippen molar-refractivity contribution in [2.45, 2.75) is 26.3 Å². The lowest BCUT2D eigenvalue weighted by Gasteiger charge is -2.05. The van der Waals surface area contributed by atoms with Crippen LogP contribution in [0.25, 0.3) is 0 Å². The molecule has 0 spiro atoms. The van der Waals surface area contributed by atoms with Gasteiger partial charge < -0.3 is 9.47 Å². The zero-order chi connectivity index (χ0) is 12.5. The fraction of sp³-hybridized carbons (Fsp3) is 1.00. The third-order valence-electron chi connectivity index (χ3n) is 0.499. The van der Waals surface area contributed by atoms with E-state index in [1.54, 1.807) is 0 Å². The van der Waals surface area contributed by atoms with Gasteiger partial charge in [0.25, 0.3) is 0 Å². The van der Waals surface area contributed by atoms with Crippen LogP contribution in [0.3, 0.4) is 0 Å². The molecule has 2 nitrogen and oxygen atoms in total. The van der Waals surface area contributed by atoms with E-state index in [0.29, 0.717) is 0 Å². The quantitative estimate of drug-likeness (QED) is 0.572. The summed E-state index contributed by atoms with van der Waals surface area (Å²) in [5, 5.41) is 0. The molecule has 0 aromatic heterocycles. The van der Waals surface area contributed by atoms with Crippen molar-refractivity contribution in [1.82, 2.24) is 0 Å². The third-order valence-corrected chi connectivity index (χ3v) is 0.499. The molecule has 56 valence electrons. The minimum absolute atomic E-state index is 0.553. The Morgan fingerprint density at radius 3 is 2.56 bits per heavy atom. The zero-order valence-electron chi connectivity index (χ0n) is 11.9. The monoisotopic (exact) mass is 138 g/mol. The van der Waals surface area contributed by atoms with Gasteiger partial charge in [-0.2, -0.15) is 0 Å². The number of rotatable bonds is 5. The highest BCUT2D eigenvalue weighted by atomic mass is 16.5. The largest absolute Gasteiger partial charge is 0.385 e. The molecule has 0 heterocycles.